The van der Waals surface area contributed by atoms with Crippen molar-refractivity contribution < 1.29 is 21.6 Å². The summed E-state index contributed by atoms with van der Waals surface area (Å²) < 4.78 is 70.9. The third kappa shape index (κ3) is 3.40. The summed E-state index contributed by atoms with van der Waals surface area (Å²) in [5.74, 6) is -3.13. The minimum Gasteiger partial charge on any atom is -0.370 e. The average molecular weight is 513 g/mol. The van der Waals surface area contributed by atoms with Crippen LogP contribution in [0.2, 0.25) is 5.02 Å². The third-order valence-corrected chi connectivity index (χ3v) is 9.97. The van der Waals surface area contributed by atoms with E-state index in [9.17, 15) is 12.8 Å². The summed E-state index contributed by atoms with van der Waals surface area (Å²) in [6.45, 7) is 2.40. The second-order valence-corrected chi connectivity index (χ2v) is 12.1. The van der Waals surface area contributed by atoms with E-state index in [1.807, 2.05) is 9.62 Å². The fourth-order valence-electron chi connectivity index (χ4n) is 6.42. The quantitative estimate of drug-likeness (QED) is 0.475. The van der Waals surface area contributed by atoms with Crippen LogP contribution in [0, 0.1) is 28.9 Å². The molecule has 2 bridgehead atoms. The number of fused-ring (bicyclic) bond motifs is 1. The lowest BCUT2D eigenvalue weighted by molar-refractivity contribution is -0.0125. The Bertz CT molecular complexity index is 1270. The first kappa shape index (κ1) is 22.4. The van der Waals surface area contributed by atoms with Gasteiger partial charge in [0.05, 0.1) is 5.69 Å². The Labute approximate surface area is 201 Å². The van der Waals surface area contributed by atoms with E-state index in [1.54, 1.807) is 0 Å². The molecule has 1 N–H and O–H groups in total. The van der Waals surface area contributed by atoms with Gasteiger partial charge in [-0.2, -0.15) is 4.39 Å². The Balaban J connectivity index is 1.26. The highest BCUT2D eigenvalue weighted by atomic mass is 35.5. The van der Waals surface area contributed by atoms with Crippen LogP contribution in [0.15, 0.2) is 29.2 Å². The molecule has 0 amide bonds. The first-order chi connectivity index (χ1) is 16.2. The Morgan fingerprint density at radius 3 is 2.62 bits per heavy atom. The van der Waals surface area contributed by atoms with Crippen LogP contribution < -0.4 is 9.62 Å². The van der Waals surface area contributed by atoms with Crippen molar-refractivity contribution in [1.29, 1.82) is 0 Å². The summed E-state index contributed by atoms with van der Waals surface area (Å²) in [5.41, 5.74) is 0.246. The van der Waals surface area contributed by atoms with Gasteiger partial charge in [-0.25, -0.2) is 22.2 Å². The number of nitrogens with one attached hydrogen (secondary N) is 1. The number of hydrogen-bond acceptors (Lipinski definition) is 5. The Kier molecular flexibility index (Phi) is 5.10. The van der Waals surface area contributed by atoms with E-state index in [2.05, 4.69) is 9.88 Å². The van der Waals surface area contributed by atoms with Crippen molar-refractivity contribution in [2.45, 2.75) is 49.1 Å². The van der Waals surface area contributed by atoms with Crippen molar-refractivity contribution in [2.75, 3.05) is 29.3 Å². The second-order valence-electron chi connectivity index (χ2n) is 10.1. The number of rotatable bonds is 5. The monoisotopic (exact) mass is 512 g/mol. The maximum atomic E-state index is 15.2. The van der Waals surface area contributed by atoms with E-state index >= 15 is 8.78 Å². The molecule has 1 aromatic carbocycles. The summed E-state index contributed by atoms with van der Waals surface area (Å²) in [6.07, 6.45) is 5.70. The van der Waals surface area contributed by atoms with Gasteiger partial charge in [-0.05, 0) is 50.2 Å². The van der Waals surface area contributed by atoms with E-state index < -0.39 is 43.3 Å². The zero-order chi connectivity index (χ0) is 23.8. The van der Waals surface area contributed by atoms with Crippen LogP contribution in [-0.2, 0) is 10.0 Å². The van der Waals surface area contributed by atoms with Gasteiger partial charge in [0, 0.05) is 43.2 Å². The first-order valence-corrected chi connectivity index (χ1v) is 13.4. The van der Waals surface area contributed by atoms with E-state index in [4.69, 9.17) is 11.6 Å². The fourth-order valence-corrected chi connectivity index (χ4v) is 7.89. The first-order valence-electron chi connectivity index (χ1n) is 11.5. The molecule has 1 spiro atoms. The fraction of sp³-hybridized carbons (Fsp3) is 0.522. The van der Waals surface area contributed by atoms with E-state index in [1.165, 1.54) is 25.0 Å². The summed E-state index contributed by atoms with van der Waals surface area (Å²) in [5, 5.41) is -0.440. The number of sulfonamides is 1. The van der Waals surface area contributed by atoms with Crippen molar-refractivity contribution in [1.82, 2.24) is 9.88 Å². The molecule has 4 heterocycles. The molecule has 2 saturated carbocycles. The molecule has 182 valence electrons. The lowest BCUT2D eigenvalue weighted by atomic mass is 9.63. The average Bonchev–Trinajstić information content (AvgIpc) is 3.44. The summed E-state index contributed by atoms with van der Waals surface area (Å²) in [4.78, 5) is 6.69. The molecule has 34 heavy (non-hydrogen) atoms. The molecule has 6 nitrogen and oxygen atoms in total. The molecule has 3 saturated heterocycles. The minimum absolute atomic E-state index is 0.0864. The number of halogens is 4. The standard InChI is InChI=1S/C23H24ClF3N4O2S/c24-20-16(30-7-6-23(12-30)5-4-17(23)31-11-13-8-14(31)9-13)10-15(25)22(21(20)27)34(32,33)29-19-3-1-2-18(26)28-19/h1-3,10,13-14,17H,4-9,11-12H2,(H,28,29)/t13?,14?,17-,23+/m1/s1. The molecule has 5 aliphatic rings. The molecular formula is C23H24ClF3N4O2S. The van der Waals surface area contributed by atoms with Crippen molar-refractivity contribution in [3.63, 3.8) is 0 Å². The zero-order valence-electron chi connectivity index (χ0n) is 18.3. The predicted octanol–water partition coefficient (Wildman–Crippen LogP) is 4.41. The SMILES string of the molecule is O=S(=O)(Nc1cccc(F)n1)c1c(F)cc(N2CC[C@@]3(CC[C@H]3N3CC4CC3C4)C2)c(Cl)c1F. The van der Waals surface area contributed by atoms with Crippen LogP contribution >= 0.6 is 11.6 Å². The minimum atomic E-state index is -4.73. The van der Waals surface area contributed by atoms with Crippen molar-refractivity contribution in [3.05, 3.63) is 46.9 Å². The summed E-state index contributed by atoms with van der Waals surface area (Å²) in [7, 11) is -4.73. The maximum Gasteiger partial charge on any atom is 0.268 e. The van der Waals surface area contributed by atoms with Crippen LogP contribution in [0.5, 0.6) is 0 Å². The number of hydrogen-bond donors (Lipinski definition) is 1. The molecule has 3 aliphatic heterocycles. The highest BCUT2D eigenvalue weighted by molar-refractivity contribution is 7.92. The van der Waals surface area contributed by atoms with E-state index in [-0.39, 0.29) is 11.1 Å². The summed E-state index contributed by atoms with van der Waals surface area (Å²) >= 11 is 6.27. The van der Waals surface area contributed by atoms with E-state index in [0.29, 0.717) is 25.2 Å². The molecular weight excluding hydrogens is 489 g/mol. The Hall–Kier alpha value is -2.04. The van der Waals surface area contributed by atoms with Crippen LogP contribution in [0.25, 0.3) is 0 Å². The maximum absolute atomic E-state index is 15.2. The highest BCUT2D eigenvalue weighted by Crippen LogP contribution is 2.56. The predicted molar refractivity (Wildman–Crippen MR) is 122 cm³/mol. The molecule has 0 unspecified atom stereocenters. The van der Waals surface area contributed by atoms with Gasteiger partial charge < -0.3 is 4.90 Å². The van der Waals surface area contributed by atoms with Crippen molar-refractivity contribution >= 4 is 33.1 Å². The molecule has 2 aromatic rings. The lowest BCUT2D eigenvalue weighted by Crippen LogP contribution is -2.57. The molecule has 2 atom stereocenters. The number of benzene rings is 1. The molecule has 5 fully saturated rings. The number of aromatic nitrogens is 1. The van der Waals surface area contributed by atoms with Gasteiger partial charge in [0.15, 0.2) is 10.7 Å². The van der Waals surface area contributed by atoms with Gasteiger partial charge in [0.1, 0.15) is 16.7 Å². The number of nitrogens with zero attached hydrogens (tertiary/aromatic N) is 3. The molecule has 2 aliphatic carbocycles. The Morgan fingerprint density at radius 2 is 1.97 bits per heavy atom. The van der Waals surface area contributed by atoms with Gasteiger partial charge in [0.25, 0.3) is 10.0 Å². The molecule has 11 heteroatoms. The lowest BCUT2D eigenvalue weighted by Gasteiger charge is -2.52. The largest absolute Gasteiger partial charge is 0.370 e. The zero-order valence-corrected chi connectivity index (χ0v) is 19.8. The van der Waals surface area contributed by atoms with Crippen LogP contribution in [0.1, 0.15) is 32.1 Å². The van der Waals surface area contributed by atoms with Gasteiger partial charge in [0.2, 0.25) is 5.95 Å². The molecule has 7 rings (SSSR count). The number of pyridine rings is 1. The van der Waals surface area contributed by atoms with Crippen molar-refractivity contribution in [2.24, 2.45) is 11.3 Å². The van der Waals surface area contributed by atoms with Gasteiger partial charge in [-0.1, -0.05) is 17.7 Å². The summed E-state index contributed by atoms with van der Waals surface area (Å²) in [6, 6.07) is 5.59. The number of anilines is 2. The van der Waals surface area contributed by atoms with Crippen molar-refractivity contribution in [3.8, 4) is 0 Å². The van der Waals surface area contributed by atoms with E-state index in [0.717, 1.165) is 43.9 Å². The molecule has 1 aromatic heterocycles. The Morgan fingerprint density at radius 1 is 1.18 bits per heavy atom. The second kappa shape index (κ2) is 7.73. The molecule has 0 radical (unpaired) electrons. The van der Waals surface area contributed by atoms with Crippen LogP contribution in [-0.4, -0.2) is 50.0 Å². The van der Waals surface area contributed by atoms with Crippen LogP contribution in [0.4, 0.5) is 24.7 Å². The van der Waals surface area contributed by atoms with Gasteiger partial charge in [-0.15, -0.1) is 0 Å². The smallest absolute Gasteiger partial charge is 0.268 e. The topological polar surface area (TPSA) is 65.5 Å². The normalized spacial score (nSPS) is 30.5. The van der Waals surface area contributed by atoms with Gasteiger partial charge >= 0.3 is 0 Å². The van der Waals surface area contributed by atoms with Crippen LogP contribution in [0.3, 0.4) is 0 Å². The third-order valence-electron chi connectivity index (χ3n) is 8.22. The highest BCUT2D eigenvalue weighted by Gasteiger charge is 2.58. The van der Waals surface area contributed by atoms with Gasteiger partial charge in [-0.3, -0.25) is 9.62 Å².